The summed E-state index contributed by atoms with van der Waals surface area (Å²) in [4.78, 5) is 10.8. The van der Waals surface area contributed by atoms with E-state index >= 15 is 0 Å². The predicted octanol–water partition coefficient (Wildman–Crippen LogP) is 1.90. The number of aliphatic hydroxyl groups is 1. The number of rotatable bonds is 6. The summed E-state index contributed by atoms with van der Waals surface area (Å²) in [6.45, 7) is -0.309. The van der Waals surface area contributed by atoms with E-state index in [4.69, 9.17) is 5.11 Å². The highest BCUT2D eigenvalue weighted by molar-refractivity contribution is 5.94. The lowest BCUT2D eigenvalue weighted by Gasteiger charge is -2.12. The van der Waals surface area contributed by atoms with Crippen LogP contribution in [-0.4, -0.2) is 36.3 Å². The van der Waals surface area contributed by atoms with E-state index in [1.165, 1.54) is 24.3 Å². The van der Waals surface area contributed by atoms with Gasteiger partial charge in [0.1, 0.15) is 6.10 Å². The lowest BCUT2D eigenvalue weighted by Crippen LogP contribution is -2.32. The van der Waals surface area contributed by atoms with Gasteiger partial charge in [-0.05, 0) is 17.7 Å². The Labute approximate surface area is 117 Å². The molecule has 0 heterocycles. The summed E-state index contributed by atoms with van der Waals surface area (Å²) in [6.07, 6.45) is -9.69. The number of benzene rings is 1. The number of anilines is 1. The van der Waals surface area contributed by atoms with Crippen molar-refractivity contribution in [2.24, 2.45) is 0 Å². The van der Waals surface area contributed by atoms with Crippen LogP contribution in [0.4, 0.5) is 27.6 Å². The highest BCUT2D eigenvalue weighted by Crippen LogP contribution is 2.18. The molecule has 0 spiro atoms. The normalized spacial score (nSPS) is 13.3. The molecule has 0 aliphatic heterocycles. The maximum absolute atomic E-state index is 12.1. The third-order valence-electron chi connectivity index (χ3n) is 2.42. The van der Waals surface area contributed by atoms with Gasteiger partial charge in [-0.3, -0.25) is 4.79 Å². The van der Waals surface area contributed by atoms with Crippen LogP contribution in [0.2, 0.25) is 0 Å². The van der Waals surface area contributed by atoms with Crippen LogP contribution in [0.5, 0.6) is 0 Å². The number of aliphatic hydroxyl groups excluding tert-OH is 1. The first kappa shape index (κ1) is 17.3. The largest absolute Gasteiger partial charge is 0.471 e. The molecule has 1 rings (SSSR count). The average Bonchev–Trinajstić information content (AvgIpc) is 2.37. The predicted molar refractivity (Wildman–Crippen MR) is 64.8 cm³/mol. The van der Waals surface area contributed by atoms with Crippen molar-refractivity contribution in [1.29, 1.82) is 0 Å². The zero-order valence-electron chi connectivity index (χ0n) is 10.6. The van der Waals surface area contributed by atoms with Gasteiger partial charge in [0.05, 0.1) is 0 Å². The highest BCUT2D eigenvalue weighted by atomic mass is 19.4. The Morgan fingerprint density at radius 1 is 1.29 bits per heavy atom. The van der Waals surface area contributed by atoms with Crippen LogP contribution in [0.1, 0.15) is 5.56 Å². The minimum Gasteiger partial charge on any atom is -0.386 e. The highest BCUT2D eigenvalue weighted by Gasteiger charge is 2.38. The van der Waals surface area contributed by atoms with Gasteiger partial charge in [-0.2, -0.15) is 13.2 Å². The number of carbonyl (C=O) groups is 1. The summed E-state index contributed by atoms with van der Waals surface area (Å²) in [5, 5.41) is 13.1. The first-order valence-electron chi connectivity index (χ1n) is 5.84. The molecule has 0 saturated carbocycles. The van der Waals surface area contributed by atoms with Crippen LogP contribution in [0.3, 0.4) is 0 Å². The summed E-state index contributed by atoms with van der Waals surface area (Å²) < 4.78 is 60.3. The second-order valence-corrected chi connectivity index (χ2v) is 4.18. The molecule has 1 aromatic rings. The van der Waals surface area contributed by atoms with E-state index in [-0.39, 0.29) is 18.8 Å². The number of hydrogen-bond acceptors (Lipinski definition) is 3. The standard InChI is InChI=1S/C12H13F5N2O2/c13-10(14)9(20)6-18-5-7-2-1-3-8(4-7)19-11(21)12(15,16)17/h1-4,9-10,18,20H,5-6H2,(H,19,21). The van der Waals surface area contributed by atoms with Crippen molar-refractivity contribution in [2.75, 3.05) is 11.9 Å². The van der Waals surface area contributed by atoms with Crippen LogP contribution in [0, 0.1) is 0 Å². The molecular weight excluding hydrogens is 299 g/mol. The van der Waals surface area contributed by atoms with Crippen molar-refractivity contribution in [3.05, 3.63) is 29.8 Å². The average molecular weight is 312 g/mol. The number of halogens is 5. The number of carbonyl (C=O) groups excluding carboxylic acids is 1. The van der Waals surface area contributed by atoms with E-state index in [0.29, 0.717) is 5.56 Å². The molecule has 3 N–H and O–H groups in total. The van der Waals surface area contributed by atoms with Crippen molar-refractivity contribution in [3.63, 3.8) is 0 Å². The second kappa shape index (κ2) is 7.32. The van der Waals surface area contributed by atoms with E-state index in [1.54, 1.807) is 5.32 Å². The Kier molecular flexibility index (Phi) is 6.03. The minimum atomic E-state index is -4.99. The molecule has 21 heavy (non-hydrogen) atoms. The topological polar surface area (TPSA) is 61.4 Å². The van der Waals surface area contributed by atoms with Crippen LogP contribution in [-0.2, 0) is 11.3 Å². The van der Waals surface area contributed by atoms with Crippen molar-refractivity contribution in [1.82, 2.24) is 5.32 Å². The van der Waals surface area contributed by atoms with E-state index in [1.807, 2.05) is 0 Å². The Morgan fingerprint density at radius 2 is 1.95 bits per heavy atom. The third-order valence-corrected chi connectivity index (χ3v) is 2.42. The lowest BCUT2D eigenvalue weighted by molar-refractivity contribution is -0.167. The van der Waals surface area contributed by atoms with E-state index in [9.17, 15) is 26.7 Å². The lowest BCUT2D eigenvalue weighted by atomic mass is 10.2. The molecule has 4 nitrogen and oxygen atoms in total. The first-order chi connectivity index (χ1) is 9.70. The summed E-state index contributed by atoms with van der Waals surface area (Å²) in [7, 11) is 0. The molecular formula is C12H13F5N2O2. The monoisotopic (exact) mass is 312 g/mol. The van der Waals surface area contributed by atoms with Gasteiger partial charge in [0.15, 0.2) is 0 Å². The molecule has 0 saturated heterocycles. The van der Waals surface area contributed by atoms with Crippen molar-refractivity contribution >= 4 is 11.6 Å². The van der Waals surface area contributed by atoms with E-state index in [2.05, 4.69) is 5.32 Å². The molecule has 0 aliphatic carbocycles. The van der Waals surface area contributed by atoms with Crippen LogP contribution < -0.4 is 10.6 Å². The number of alkyl halides is 5. The molecule has 0 fully saturated rings. The summed E-state index contributed by atoms with van der Waals surface area (Å²) >= 11 is 0. The molecule has 118 valence electrons. The van der Waals surface area contributed by atoms with Gasteiger partial charge >= 0.3 is 12.1 Å². The fraction of sp³-hybridized carbons (Fsp3) is 0.417. The van der Waals surface area contributed by atoms with Gasteiger partial charge in [-0.1, -0.05) is 12.1 Å². The minimum absolute atomic E-state index is 0.0551. The van der Waals surface area contributed by atoms with Crippen LogP contribution in [0.25, 0.3) is 0 Å². The molecule has 1 atom stereocenters. The quantitative estimate of drug-likeness (QED) is 0.703. The smallest absolute Gasteiger partial charge is 0.386 e. The van der Waals surface area contributed by atoms with Gasteiger partial charge in [0.25, 0.3) is 6.43 Å². The number of amides is 1. The molecule has 9 heteroatoms. The fourth-order valence-corrected chi connectivity index (χ4v) is 1.41. The maximum atomic E-state index is 12.1. The van der Waals surface area contributed by atoms with Crippen molar-refractivity contribution in [3.8, 4) is 0 Å². The molecule has 0 aliphatic rings. The van der Waals surface area contributed by atoms with Crippen LogP contribution >= 0.6 is 0 Å². The fourth-order valence-electron chi connectivity index (χ4n) is 1.41. The summed E-state index contributed by atoms with van der Waals surface area (Å²) in [5.74, 6) is -2.10. The molecule has 1 aromatic carbocycles. The van der Waals surface area contributed by atoms with E-state index in [0.717, 1.165) is 0 Å². The molecule has 0 bridgehead atoms. The summed E-state index contributed by atoms with van der Waals surface area (Å²) in [5.41, 5.74) is 0.405. The first-order valence-corrected chi connectivity index (χ1v) is 5.84. The van der Waals surface area contributed by atoms with Gasteiger partial charge in [-0.25, -0.2) is 8.78 Å². The zero-order chi connectivity index (χ0) is 16.0. The zero-order valence-corrected chi connectivity index (χ0v) is 10.6. The summed E-state index contributed by atoms with van der Waals surface area (Å²) in [6, 6.07) is 5.48. The number of nitrogens with one attached hydrogen (secondary N) is 2. The van der Waals surface area contributed by atoms with Crippen LogP contribution in [0.15, 0.2) is 24.3 Å². The Morgan fingerprint density at radius 3 is 2.52 bits per heavy atom. The third kappa shape index (κ3) is 6.05. The van der Waals surface area contributed by atoms with Gasteiger partial charge in [0.2, 0.25) is 0 Å². The molecule has 1 amide bonds. The Bertz CT molecular complexity index is 479. The molecule has 1 unspecified atom stereocenters. The van der Waals surface area contributed by atoms with Crippen molar-refractivity contribution < 1.29 is 31.9 Å². The second-order valence-electron chi connectivity index (χ2n) is 4.18. The Hall–Kier alpha value is -1.74. The van der Waals surface area contributed by atoms with Gasteiger partial charge in [0, 0.05) is 18.8 Å². The van der Waals surface area contributed by atoms with Crippen molar-refractivity contribution in [2.45, 2.75) is 25.3 Å². The maximum Gasteiger partial charge on any atom is 0.471 e. The van der Waals surface area contributed by atoms with Gasteiger partial charge in [-0.15, -0.1) is 0 Å². The van der Waals surface area contributed by atoms with Gasteiger partial charge < -0.3 is 15.7 Å². The SMILES string of the molecule is O=C(Nc1cccc(CNCC(O)C(F)F)c1)C(F)(F)F. The Balaban J connectivity index is 2.55. The molecule has 0 radical (unpaired) electrons. The number of hydrogen-bond donors (Lipinski definition) is 3. The molecule has 0 aromatic heterocycles. The van der Waals surface area contributed by atoms with E-state index < -0.39 is 24.6 Å².